The number of phenolic OH excluding ortho intramolecular Hbond substituents is 1. The summed E-state index contributed by atoms with van der Waals surface area (Å²) in [5.41, 5.74) is 8.00. The van der Waals surface area contributed by atoms with Crippen molar-refractivity contribution in [2.75, 3.05) is 45.3 Å². The van der Waals surface area contributed by atoms with E-state index in [4.69, 9.17) is 15.6 Å². The number of piperazine rings is 1. The summed E-state index contributed by atoms with van der Waals surface area (Å²) < 4.78 is 33.4. The fourth-order valence-electron chi connectivity index (χ4n) is 4.62. The fraction of sp³-hybridized carbons (Fsp3) is 0.455. The van der Waals surface area contributed by atoms with Crippen molar-refractivity contribution in [3.63, 3.8) is 0 Å². The lowest BCUT2D eigenvalue weighted by Gasteiger charge is -2.31. The molecule has 1 aromatic carbocycles. The molecule has 0 spiro atoms. The van der Waals surface area contributed by atoms with Gasteiger partial charge in [-0.05, 0) is 37.7 Å². The van der Waals surface area contributed by atoms with E-state index in [2.05, 4.69) is 10.3 Å². The number of rotatable bonds is 6. The summed E-state index contributed by atoms with van der Waals surface area (Å²) in [7, 11) is -0.237. The van der Waals surface area contributed by atoms with Crippen molar-refractivity contribution < 1.29 is 17.9 Å². The van der Waals surface area contributed by atoms with Crippen LogP contribution in [0.4, 0.5) is 5.69 Å². The third kappa shape index (κ3) is 3.86. The molecule has 0 saturated carbocycles. The van der Waals surface area contributed by atoms with Crippen molar-refractivity contribution >= 4 is 21.5 Å². The molecule has 0 aliphatic carbocycles. The van der Waals surface area contributed by atoms with Crippen LogP contribution < -0.4 is 21.8 Å². The van der Waals surface area contributed by atoms with Gasteiger partial charge >= 0.3 is 5.63 Å². The van der Waals surface area contributed by atoms with Gasteiger partial charge in [0.2, 0.25) is 10.0 Å². The highest BCUT2D eigenvalue weighted by molar-refractivity contribution is 7.89. The number of amidine groups is 1. The van der Waals surface area contributed by atoms with Crippen LogP contribution in [0.25, 0.3) is 11.3 Å². The van der Waals surface area contributed by atoms with Crippen LogP contribution in [-0.2, 0) is 15.6 Å². The normalized spacial score (nSPS) is 21.6. The maximum atomic E-state index is 13.2. The Morgan fingerprint density at radius 3 is 2.53 bits per heavy atom. The van der Waals surface area contributed by atoms with Crippen LogP contribution in [0.2, 0.25) is 0 Å². The molecule has 1 atom stereocenters. The first-order valence-corrected chi connectivity index (χ1v) is 12.5. The molecule has 0 amide bonds. The Morgan fingerprint density at radius 1 is 1.24 bits per heavy atom. The molecule has 1 aromatic heterocycles. The summed E-state index contributed by atoms with van der Waals surface area (Å²) in [6.45, 7) is 3.90. The zero-order valence-electron chi connectivity index (χ0n) is 19.5. The number of hydrazine groups is 1. The first kappa shape index (κ1) is 24.2. The van der Waals surface area contributed by atoms with Crippen LogP contribution in [0.15, 0.2) is 38.4 Å². The van der Waals surface area contributed by atoms with Crippen LogP contribution in [0, 0.1) is 5.41 Å². The number of fused-ring (bicyclic) bond motifs is 1. The maximum Gasteiger partial charge on any atom is 0.361 e. The van der Waals surface area contributed by atoms with E-state index in [9.17, 15) is 18.3 Å². The second-order valence-corrected chi connectivity index (χ2v) is 10.7. The minimum atomic E-state index is -3.81. The molecule has 5 N–H and O–H groups in total. The average molecular weight is 491 g/mol. The zero-order valence-corrected chi connectivity index (χ0v) is 20.3. The van der Waals surface area contributed by atoms with Crippen LogP contribution in [0.3, 0.4) is 0 Å². The van der Waals surface area contributed by atoms with E-state index in [0.717, 1.165) is 0 Å². The molecule has 1 fully saturated rings. The quantitative estimate of drug-likeness (QED) is 0.340. The van der Waals surface area contributed by atoms with Crippen molar-refractivity contribution in [1.82, 2.24) is 14.6 Å². The van der Waals surface area contributed by atoms with Gasteiger partial charge in [0.15, 0.2) is 0 Å². The molecule has 12 heteroatoms. The van der Waals surface area contributed by atoms with Crippen molar-refractivity contribution in [3.05, 3.63) is 40.2 Å². The Labute approximate surface area is 198 Å². The van der Waals surface area contributed by atoms with Gasteiger partial charge in [-0.15, -0.1) is 0 Å². The summed E-state index contributed by atoms with van der Waals surface area (Å²) in [6, 6.07) is 5.48. The number of sulfonamides is 1. The Morgan fingerprint density at radius 2 is 1.91 bits per heavy atom. The van der Waals surface area contributed by atoms with Crippen molar-refractivity contribution in [1.29, 1.82) is 5.41 Å². The van der Waals surface area contributed by atoms with E-state index >= 15 is 0 Å². The van der Waals surface area contributed by atoms with Gasteiger partial charge in [-0.2, -0.15) is 4.31 Å². The van der Waals surface area contributed by atoms with E-state index in [1.807, 2.05) is 14.0 Å². The van der Waals surface area contributed by atoms with E-state index in [-0.39, 0.29) is 33.5 Å². The number of likely N-dealkylation sites (N-methyl/N-ethyl adjacent to an activating group) is 1. The van der Waals surface area contributed by atoms with E-state index < -0.39 is 21.2 Å². The second kappa shape index (κ2) is 8.69. The summed E-state index contributed by atoms with van der Waals surface area (Å²) in [4.78, 5) is 15.0. The number of nitrogens with one attached hydrogen (secondary N) is 2. The van der Waals surface area contributed by atoms with Crippen molar-refractivity contribution in [2.24, 2.45) is 5.73 Å². The Kier molecular flexibility index (Phi) is 6.19. The lowest BCUT2D eigenvalue weighted by molar-refractivity contribution is 0.222. The molecule has 3 heterocycles. The number of benzene rings is 1. The predicted octanol–water partition coefficient (Wildman–Crippen LogP) is 0.834. The van der Waals surface area contributed by atoms with Gasteiger partial charge in [-0.3, -0.25) is 5.41 Å². The SMILES string of the molecule is CCC[C@@]1(C(=N)N)NN(C)c2c1cc(-c1cc(S(=O)(=O)N3CCN(C)CC3)ccc1O)oc2=O. The third-order valence-electron chi connectivity index (χ3n) is 6.50. The van der Waals surface area contributed by atoms with Crippen LogP contribution in [-0.4, -0.2) is 68.8 Å². The van der Waals surface area contributed by atoms with Crippen molar-refractivity contribution in [3.8, 4) is 17.1 Å². The van der Waals surface area contributed by atoms with E-state index in [1.54, 1.807) is 13.1 Å². The third-order valence-corrected chi connectivity index (χ3v) is 8.39. The highest BCUT2D eigenvalue weighted by Gasteiger charge is 2.46. The highest BCUT2D eigenvalue weighted by atomic mass is 32.2. The molecule has 4 rings (SSSR count). The number of nitrogens with zero attached hydrogens (tertiary/aromatic N) is 3. The first-order valence-electron chi connectivity index (χ1n) is 11.1. The lowest BCUT2D eigenvalue weighted by atomic mass is 9.85. The second-order valence-electron chi connectivity index (χ2n) is 8.79. The number of hydrogen-bond donors (Lipinski definition) is 4. The fourth-order valence-corrected chi connectivity index (χ4v) is 6.07. The summed E-state index contributed by atoms with van der Waals surface area (Å²) in [5, 5.41) is 20.3. The van der Waals surface area contributed by atoms with E-state index in [0.29, 0.717) is 44.6 Å². The summed E-state index contributed by atoms with van der Waals surface area (Å²) >= 11 is 0. The van der Waals surface area contributed by atoms with E-state index in [1.165, 1.54) is 27.5 Å². The monoisotopic (exact) mass is 490 g/mol. The molecule has 0 bridgehead atoms. The number of hydrogen-bond acceptors (Lipinski definition) is 9. The Hall–Kier alpha value is -2.93. The minimum absolute atomic E-state index is 0.00416. The van der Waals surface area contributed by atoms with Gasteiger partial charge in [0.25, 0.3) is 0 Å². The molecule has 2 aliphatic heterocycles. The zero-order chi connectivity index (χ0) is 24.8. The van der Waals surface area contributed by atoms with Gasteiger partial charge in [0.05, 0.1) is 10.5 Å². The average Bonchev–Trinajstić information content (AvgIpc) is 3.07. The van der Waals surface area contributed by atoms with Crippen molar-refractivity contribution in [2.45, 2.75) is 30.2 Å². The molecule has 1 saturated heterocycles. The Bertz CT molecular complexity index is 1290. The predicted molar refractivity (Wildman–Crippen MR) is 128 cm³/mol. The minimum Gasteiger partial charge on any atom is -0.507 e. The molecular weight excluding hydrogens is 460 g/mol. The van der Waals surface area contributed by atoms with Crippen LogP contribution >= 0.6 is 0 Å². The van der Waals surface area contributed by atoms with Gasteiger partial charge < -0.3 is 25.2 Å². The first-order chi connectivity index (χ1) is 16.0. The number of anilines is 1. The molecule has 0 radical (unpaired) electrons. The summed E-state index contributed by atoms with van der Waals surface area (Å²) in [6.07, 6.45) is 1.13. The number of nitrogens with two attached hydrogens (primary N) is 1. The lowest BCUT2D eigenvalue weighted by Crippen LogP contribution is -2.52. The maximum absolute atomic E-state index is 13.2. The van der Waals surface area contributed by atoms with Crippen LogP contribution in [0.1, 0.15) is 25.3 Å². The van der Waals surface area contributed by atoms with Gasteiger partial charge in [0.1, 0.15) is 28.6 Å². The van der Waals surface area contributed by atoms with Gasteiger partial charge in [0, 0.05) is 38.8 Å². The Balaban J connectivity index is 1.83. The molecular formula is C22H30N6O5S. The molecule has 2 aromatic rings. The van der Waals surface area contributed by atoms with Crippen LogP contribution in [0.5, 0.6) is 5.75 Å². The standard InChI is InChI=1S/C22H30N6O5S/c1-4-7-22(21(23)24)16-13-18(33-20(30)19(16)27(3)25-22)15-12-14(5-6-17(15)29)34(31,32)28-10-8-26(2)9-11-28/h5-6,12-13,25,29H,4,7-11H2,1-3H3,(H3,23,24)/t22-/m1/s1. The molecule has 34 heavy (non-hydrogen) atoms. The summed E-state index contributed by atoms with van der Waals surface area (Å²) in [5.74, 6) is -0.397. The topological polar surface area (TPSA) is 156 Å². The molecule has 0 unspecified atom stereocenters. The smallest absolute Gasteiger partial charge is 0.361 e. The highest BCUT2D eigenvalue weighted by Crippen LogP contribution is 2.41. The molecule has 184 valence electrons. The van der Waals surface area contributed by atoms with Gasteiger partial charge in [-0.1, -0.05) is 13.3 Å². The van der Waals surface area contributed by atoms with Gasteiger partial charge in [-0.25, -0.2) is 18.6 Å². The number of aromatic hydroxyl groups is 1. The molecule has 2 aliphatic rings. The molecule has 11 nitrogen and oxygen atoms in total. The number of phenols is 1. The largest absolute Gasteiger partial charge is 0.507 e.